The molecule has 0 fully saturated rings. The van der Waals surface area contributed by atoms with Crippen LogP contribution in [0.1, 0.15) is 27.7 Å². The Bertz CT molecular complexity index is 722. The number of esters is 1. The van der Waals surface area contributed by atoms with E-state index in [1.54, 1.807) is 4.90 Å². The summed E-state index contributed by atoms with van der Waals surface area (Å²) in [7, 11) is 0. The summed E-state index contributed by atoms with van der Waals surface area (Å²) in [6, 6.07) is 9.80. The number of ether oxygens (including phenoxy) is 1. The van der Waals surface area contributed by atoms with Crippen LogP contribution >= 0.6 is 11.3 Å². The van der Waals surface area contributed by atoms with E-state index >= 15 is 0 Å². The van der Waals surface area contributed by atoms with Crippen molar-refractivity contribution in [1.82, 2.24) is 0 Å². The molecule has 4 nitrogen and oxygen atoms in total. The zero-order valence-corrected chi connectivity index (χ0v) is 13.4. The van der Waals surface area contributed by atoms with E-state index in [0.29, 0.717) is 4.88 Å². The summed E-state index contributed by atoms with van der Waals surface area (Å²) in [4.78, 5) is 26.7. The molecule has 1 atom stereocenters. The molecule has 1 aliphatic rings. The van der Waals surface area contributed by atoms with Crippen LogP contribution in [0.3, 0.4) is 0 Å². The number of para-hydroxylation sites is 1. The lowest BCUT2D eigenvalue weighted by atomic mass is 10.1. The third-order valence-corrected chi connectivity index (χ3v) is 4.85. The van der Waals surface area contributed by atoms with Gasteiger partial charge in [0.1, 0.15) is 4.88 Å². The highest BCUT2D eigenvalue weighted by molar-refractivity contribution is 7.12. The fourth-order valence-corrected chi connectivity index (χ4v) is 3.61. The predicted octanol–water partition coefficient (Wildman–Crippen LogP) is 3.19. The number of aryl methyl sites for hydroxylation is 1. The fourth-order valence-electron chi connectivity index (χ4n) is 2.79. The van der Waals surface area contributed by atoms with Crippen molar-refractivity contribution in [2.45, 2.75) is 26.3 Å². The van der Waals surface area contributed by atoms with Gasteiger partial charge in [-0.3, -0.25) is 4.79 Å². The summed E-state index contributed by atoms with van der Waals surface area (Å²) in [5.41, 5.74) is 2.95. The Balaban J connectivity index is 1.68. The molecule has 114 valence electrons. The van der Waals surface area contributed by atoms with E-state index < -0.39 is 5.97 Å². The summed E-state index contributed by atoms with van der Waals surface area (Å²) < 4.78 is 5.19. The van der Waals surface area contributed by atoms with E-state index in [9.17, 15) is 9.59 Å². The van der Waals surface area contributed by atoms with E-state index in [4.69, 9.17) is 4.74 Å². The SMILES string of the molecule is Cc1ccsc1C(=O)OCC(=O)N1c2ccccc2C[C@H]1C. The average Bonchev–Trinajstić information content (AvgIpc) is 3.06. The van der Waals surface area contributed by atoms with Gasteiger partial charge < -0.3 is 9.64 Å². The standard InChI is InChI=1S/C17H17NO3S/c1-11-7-8-22-16(11)17(20)21-10-15(19)18-12(2)9-13-5-3-4-6-14(13)18/h3-8,12H,9-10H2,1-2H3/t12-/m1/s1. The molecule has 0 saturated heterocycles. The molecule has 0 unspecified atom stereocenters. The minimum atomic E-state index is -0.430. The second-order valence-electron chi connectivity index (χ2n) is 5.45. The van der Waals surface area contributed by atoms with Gasteiger partial charge in [0, 0.05) is 11.7 Å². The minimum Gasteiger partial charge on any atom is -0.451 e. The van der Waals surface area contributed by atoms with Gasteiger partial charge in [0.2, 0.25) is 0 Å². The topological polar surface area (TPSA) is 46.6 Å². The summed E-state index contributed by atoms with van der Waals surface area (Å²) in [5, 5.41) is 1.84. The molecule has 0 radical (unpaired) electrons. The number of hydrogen-bond donors (Lipinski definition) is 0. The molecular formula is C17H17NO3S. The second-order valence-corrected chi connectivity index (χ2v) is 6.37. The third kappa shape index (κ3) is 2.64. The van der Waals surface area contributed by atoms with Crippen molar-refractivity contribution in [1.29, 1.82) is 0 Å². The first-order valence-corrected chi connectivity index (χ1v) is 8.07. The number of carbonyl (C=O) groups excluding carboxylic acids is 2. The molecule has 1 amide bonds. The lowest BCUT2D eigenvalue weighted by molar-refractivity contribution is -0.122. The van der Waals surface area contributed by atoms with Crippen molar-refractivity contribution < 1.29 is 14.3 Å². The molecule has 5 heteroatoms. The number of carbonyl (C=O) groups is 2. The lowest BCUT2D eigenvalue weighted by Gasteiger charge is -2.22. The number of fused-ring (bicyclic) bond motifs is 1. The monoisotopic (exact) mass is 315 g/mol. The molecule has 3 rings (SSSR count). The molecule has 0 N–H and O–H groups in total. The molecule has 2 aromatic rings. The maximum absolute atomic E-state index is 12.4. The van der Waals surface area contributed by atoms with Gasteiger partial charge in [0.15, 0.2) is 6.61 Å². The maximum Gasteiger partial charge on any atom is 0.349 e. The maximum atomic E-state index is 12.4. The van der Waals surface area contributed by atoms with Crippen molar-refractivity contribution in [3.63, 3.8) is 0 Å². The van der Waals surface area contributed by atoms with E-state index in [2.05, 4.69) is 0 Å². The quantitative estimate of drug-likeness (QED) is 0.817. The fraction of sp³-hybridized carbons (Fsp3) is 0.294. The number of nitrogens with zero attached hydrogens (tertiary/aromatic N) is 1. The van der Waals surface area contributed by atoms with Gasteiger partial charge in [-0.2, -0.15) is 0 Å². The Morgan fingerprint density at radius 2 is 2.09 bits per heavy atom. The van der Waals surface area contributed by atoms with Gasteiger partial charge in [-0.25, -0.2) is 4.79 Å². The number of anilines is 1. The molecule has 1 aliphatic heterocycles. The first-order valence-electron chi connectivity index (χ1n) is 7.19. The number of thiophene rings is 1. The molecule has 0 saturated carbocycles. The van der Waals surface area contributed by atoms with Crippen LogP contribution in [0.4, 0.5) is 5.69 Å². The van der Waals surface area contributed by atoms with Crippen LogP contribution in [-0.2, 0) is 16.0 Å². The molecule has 22 heavy (non-hydrogen) atoms. The highest BCUT2D eigenvalue weighted by Gasteiger charge is 2.31. The third-order valence-electron chi connectivity index (χ3n) is 3.85. The number of benzene rings is 1. The highest BCUT2D eigenvalue weighted by Crippen LogP contribution is 2.31. The Labute approximate surface area is 133 Å². The van der Waals surface area contributed by atoms with Gasteiger partial charge in [-0.1, -0.05) is 18.2 Å². The summed E-state index contributed by atoms with van der Waals surface area (Å²) in [5.74, 6) is -0.610. The first-order chi connectivity index (χ1) is 10.6. The molecule has 0 spiro atoms. The Morgan fingerprint density at radius 1 is 1.32 bits per heavy atom. The zero-order valence-electron chi connectivity index (χ0n) is 12.5. The van der Waals surface area contributed by atoms with Gasteiger partial charge in [-0.15, -0.1) is 11.3 Å². The van der Waals surface area contributed by atoms with Gasteiger partial charge in [0.05, 0.1) is 0 Å². The molecule has 1 aromatic carbocycles. The molecule has 1 aromatic heterocycles. The number of hydrogen-bond acceptors (Lipinski definition) is 4. The summed E-state index contributed by atoms with van der Waals surface area (Å²) in [6.45, 7) is 3.63. The number of amides is 1. The molecule has 0 bridgehead atoms. The van der Waals surface area contributed by atoms with E-state index in [0.717, 1.165) is 23.2 Å². The van der Waals surface area contributed by atoms with E-state index in [-0.39, 0.29) is 18.6 Å². The van der Waals surface area contributed by atoms with Crippen LogP contribution < -0.4 is 4.90 Å². The van der Waals surface area contributed by atoms with Crippen molar-refractivity contribution in [2.75, 3.05) is 11.5 Å². The minimum absolute atomic E-state index is 0.0899. The van der Waals surface area contributed by atoms with Gasteiger partial charge in [-0.05, 0) is 48.9 Å². The van der Waals surface area contributed by atoms with Crippen LogP contribution in [0, 0.1) is 6.92 Å². The number of rotatable bonds is 3. The van der Waals surface area contributed by atoms with Crippen LogP contribution in [0.25, 0.3) is 0 Å². The van der Waals surface area contributed by atoms with Crippen LogP contribution in [0.15, 0.2) is 35.7 Å². The first kappa shape index (κ1) is 14.8. The van der Waals surface area contributed by atoms with E-state index in [1.165, 1.54) is 11.3 Å². The van der Waals surface area contributed by atoms with Crippen LogP contribution in [0.5, 0.6) is 0 Å². The Hall–Kier alpha value is -2.14. The largest absolute Gasteiger partial charge is 0.451 e. The molecule has 0 aliphatic carbocycles. The van der Waals surface area contributed by atoms with Crippen molar-refractivity contribution in [2.24, 2.45) is 0 Å². The highest BCUT2D eigenvalue weighted by atomic mass is 32.1. The van der Waals surface area contributed by atoms with Crippen LogP contribution in [-0.4, -0.2) is 24.5 Å². The normalized spacial score (nSPS) is 16.5. The van der Waals surface area contributed by atoms with Crippen molar-refractivity contribution in [3.05, 3.63) is 51.7 Å². The van der Waals surface area contributed by atoms with Crippen molar-refractivity contribution in [3.8, 4) is 0 Å². The average molecular weight is 315 g/mol. The Morgan fingerprint density at radius 3 is 2.82 bits per heavy atom. The second kappa shape index (κ2) is 5.93. The molecule has 2 heterocycles. The van der Waals surface area contributed by atoms with Crippen LogP contribution in [0.2, 0.25) is 0 Å². The molecular weight excluding hydrogens is 298 g/mol. The van der Waals surface area contributed by atoms with Crippen molar-refractivity contribution >= 4 is 28.9 Å². The van der Waals surface area contributed by atoms with Gasteiger partial charge >= 0.3 is 5.97 Å². The summed E-state index contributed by atoms with van der Waals surface area (Å²) in [6.07, 6.45) is 0.833. The zero-order chi connectivity index (χ0) is 15.7. The van der Waals surface area contributed by atoms with Gasteiger partial charge in [0.25, 0.3) is 5.91 Å². The van der Waals surface area contributed by atoms with E-state index in [1.807, 2.05) is 49.6 Å². The predicted molar refractivity (Wildman–Crippen MR) is 86.4 cm³/mol. The Kier molecular flexibility index (Phi) is 3.98. The lowest BCUT2D eigenvalue weighted by Crippen LogP contribution is -2.38. The smallest absolute Gasteiger partial charge is 0.349 e. The summed E-state index contributed by atoms with van der Waals surface area (Å²) >= 11 is 1.33.